The lowest BCUT2D eigenvalue weighted by molar-refractivity contribution is 0.119. The van der Waals surface area contributed by atoms with E-state index < -0.39 is 26.2 Å². The molecule has 0 saturated heterocycles. The van der Waals surface area contributed by atoms with E-state index in [-0.39, 0.29) is 0 Å². The van der Waals surface area contributed by atoms with Crippen LogP contribution in [0.4, 0.5) is 0 Å². The third-order valence-corrected chi connectivity index (χ3v) is 15.4. The van der Waals surface area contributed by atoms with E-state index in [4.69, 9.17) is 35.4 Å². The molecule has 0 unspecified atom stereocenters. The Morgan fingerprint density at radius 2 is 0.806 bits per heavy atom. The highest BCUT2D eigenvalue weighted by atomic mass is 28.4. The van der Waals surface area contributed by atoms with Crippen LogP contribution in [-0.2, 0) is 35.4 Å². The highest BCUT2D eigenvalue weighted by Gasteiger charge is 2.38. The summed E-state index contributed by atoms with van der Waals surface area (Å²) in [5, 5.41) is 0. The molecule has 9 nitrogen and oxygen atoms in total. The van der Waals surface area contributed by atoms with Crippen LogP contribution in [-0.4, -0.2) is 108 Å². The van der Waals surface area contributed by atoms with E-state index in [1.165, 1.54) is 0 Å². The van der Waals surface area contributed by atoms with Gasteiger partial charge in [0.15, 0.2) is 0 Å². The van der Waals surface area contributed by atoms with Crippen LogP contribution < -0.4 is 0 Å². The molecule has 0 aliphatic heterocycles. The van der Waals surface area contributed by atoms with Crippen LogP contribution in [0, 0.1) is 0 Å². The fourth-order valence-corrected chi connectivity index (χ4v) is 9.42. The summed E-state index contributed by atoms with van der Waals surface area (Å²) in [6.45, 7) is 5.00. The molecule has 12 heteroatoms. The van der Waals surface area contributed by atoms with Gasteiger partial charge in [-0.2, -0.15) is 0 Å². The van der Waals surface area contributed by atoms with Crippen molar-refractivity contribution in [3.8, 4) is 0 Å². The second-order valence-electron chi connectivity index (χ2n) is 7.42. The maximum absolute atomic E-state index is 5.77. The smallest absolute Gasteiger partial charge is 0.398 e. The fourth-order valence-electron chi connectivity index (χ4n) is 3.81. The lowest BCUT2D eigenvalue weighted by Gasteiger charge is -2.30. The molecule has 0 N–H and O–H groups in total. The third-order valence-electron chi connectivity index (χ3n) is 6.10. The number of nitrogens with zero attached hydrogens (tertiary/aromatic N) is 1. The predicted molar refractivity (Wildman–Crippen MR) is 129 cm³/mol. The van der Waals surface area contributed by atoms with Crippen LogP contribution in [0.2, 0.25) is 24.2 Å². The van der Waals surface area contributed by atoms with E-state index in [2.05, 4.69) is 11.8 Å². The molecule has 0 bridgehead atoms. The Morgan fingerprint density at radius 3 is 1.06 bits per heavy atom. The summed E-state index contributed by atoms with van der Waals surface area (Å²) in [4.78, 5) is 2.47. The third kappa shape index (κ3) is 10.4. The molecular formula is C19H47NO8Si3. The van der Waals surface area contributed by atoms with Gasteiger partial charge in [-0.15, -0.1) is 0 Å². The quantitative estimate of drug-likeness (QED) is 0.221. The van der Waals surface area contributed by atoms with Crippen LogP contribution in [0.15, 0.2) is 0 Å². The minimum atomic E-state index is -2.55. The Bertz CT molecular complexity index is 352. The average Bonchev–Trinajstić information content (AvgIpc) is 2.83. The molecule has 0 atom stereocenters. The molecule has 0 heterocycles. The Kier molecular flexibility index (Phi) is 17.0. The molecule has 0 aromatic carbocycles. The van der Waals surface area contributed by atoms with Gasteiger partial charge >= 0.3 is 26.2 Å². The second kappa shape index (κ2) is 16.8. The standard InChI is InChI=1S/C19H47NO8Si3/c1-10-29(21-2,22-3)17-11-14-20(15-12-18-30(23-4,24-5)25-6)16-13-19-31(26-7,27-8)28-9/h10-19H2,1-9H3. The molecule has 0 fully saturated rings. The highest BCUT2D eigenvalue weighted by Crippen LogP contribution is 2.21. The summed E-state index contributed by atoms with van der Waals surface area (Å²) >= 11 is 0. The summed E-state index contributed by atoms with van der Waals surface area (Å²) in [7, 11) is 6.31. The Morgan fingerprint density at radius 1 is 0.484 bits per heavy atom. The van der Waals surface area contributed by atoms with Gasteiger partial charge in [0, 0.05) is 69.0 Å². The minimum Gasteiger partial charge on any atom is -0.398 e. The second-order valence-corrected chi connectivity index (χ2v) is 17.4. The highest BCUT2D eigenvalue weighted by molar-refractivity contribution is 6.67. The lowest BCUT2D eigenvalue weighted by atomic mass is 10.3. The zero-order valence-corrected chi connectivity index (χ0v) is 24.3. The Balaban J connectivity index is 4.91. The van der Waals surface area contributed by atoms with Crippen molar-refractivity contribution in [1.29, 1.82) is 0 Å². The van der Waals surface area contributed by atoms with E-state index in [0.29, 0.717) is 0 Å². The van der Waals surface area contributed by atoms with Crippen LogP contribution in [0.25, 0.3) is 0 Å². The number of hydrogen-bond acceptors (Lipinski definition) is 9. The average molecular weight is 502 g/mol. The van der Waals surface area contributed by atoms with Crippen molar-refractivity contribution in [1.82, 2.24) is 4.90 Å². The zero-order valence-electron chi connectivity index (χ0n) is 21.3. The SMILES string of the molecule is CC[Si](CCCN(CCC[Si](OC)(OC)OC)CCC[Si](OC)(OC)OC)(OC)OC. The Labute approximate surface area is 193 Å². The van der Waals surface area contributed by atoms with Crippen LogP contribution >= 0.6 is 0 Å². The summed E-state index contributed by atoms with van der Waals surface area (Å²) in [6, 6.07) is 3.49. The van der Waals surface area contributed by atoms with Gasteiger partial charge < -0.3 is 40.3 Å². The van der Waals surface area contributed by atoms with Gasteiger partial charge in [0.25, 0.3) is 0 Å². The van der Waals surface area contributed by atoms with Crippen LogP contribution in [0.5, 0.6) is 0 Å². The first-order valence-corrected chi connectivity index (χ1v) is 17.1. The molecule has 188 valence electrons. The van der Waals surface area contributed by atoms with Gasteiger partial charge in [-0.3, -0.25) is 0 Å². The summed E-state index contributed by atoms with van der Waals surface area (Å²) < 4.78 is 44.9. The molecular weight excluding hydrogens is 454 g/mol. The largest absolute Gasteiger partial charge is 0.500 e. The molecule has 0 aromatic heterocycles. The molecule has 0 aliphatic carbocycles. The summed E-state index contributed by atoms with van der Waals surface area (Å²) in [6.07, 6.45) is 2.91. The maximum atomic E-state index is 5.77. The van der Waals surface area contributed by atoms with E-state index >= 15 is 0 Å². The fraction of sp³-hybridized carbons (Fsp3) is 1.00. The van der Waals surface area contributed by atoms with Crippen LogP contribution in [0.3, 0.4) is 0 Å². The van der Waals surface area contributed by atoms with E-state index in [1.807, 2.05) is 0 Å². The van der Waals surface area contributed by atoms with E-state index in [0.717, 1.165) is 63.1 Å². The molecule has 0 aromatic rings. The monoisotopic (exact) mass is 501 g/mol. The summed E-state index contributed by atoms with van der Waals surface area (Å²) in [5.74, 6) is 0. The lowest BCUT2D eigenvalue weighted by Crippen LogP contribution is -2.44. The van der Waals surface area contributed by atoms with Crippen molar-refractivity contribution in [2.24, 2.45) is 0 Å². The van der Waals surface area contributed by atoms with Crippen molar-refractivity contribution in [2.45, 2.75) is 50.4 Å². The first-order chi connectivity index (χ1) is 14.8. The first kappa shape index (κ1) is 31.3. The Hall–Kier alpha value is 0.291. The molecule has 0 saturated carbocycles. The number of rotatable bonds is 21. The van der Waals surface area contributed by atoms with E-state index in [1.54, 1.807) is 56.9 Å². The molecule has 0 aliphatic rings. The van der Waals surface area contributed by atoms with Gasteiger partial charge in [-0.1, -0.05) is 6.92 Å². The van der Waals surface area contributed by atoms with Crippen molar-refractivity contribution >= 4 is 26.2 Å². The van der Waals surface area contributed by atoms with Gasteiger partial charge in [0.2, 0.25) is 0 Å². The van der Waals surface area contributed by atoms with Crippen LogP contribution in [0.1, 0.15) is 26.2 Å². The first-order valence-electron chi connectivity index (χ1n) is 11.0. The minimum absolute atomic E-state index is 0.781. The normalized spacial score (nSPS) is 13.4. The van der Waals surface area contributed by atoms with Gasteiger partial charge in [-0.05, 0) is 51.0 Å². The van der Waals surface area contributed by atoms with E-state index in [9.17, 15) is 0 Å². The maximum Gasteiger partial charge on any atom is 0.500 e. The topological polar surface area (TPSA) is 77.1 Å². The molecule has 0 amide bonds. The molecule has 0 radical (unpaired) electrons. The van der Waals surface area contributed by atoms with Crippen molar-refractivity contribution in [2.75, 3.05) is 76.5 Å². The number of hydrogen-bond donors (Lipinski definition) is 0. The van der Waals surface area contributed by atoms with Crippen molar-refractivity contribution in [3.05, 3.63) is 0 Å². The van der Waals surface area contributed by atoms with Gasteiger partial charge in [0.05, 0.1) is 0 Å². The van der Waals surface area contributed by atoms with Gasteiger partial charge in [0.1, 0.15) is 0 Å². The van der Waals surface area contributed by atoms with Crippen molar-refractivity contribution < 1.29 is 35.4 Å². The summed E-state index contributed by atoms with van der Waals surface area (Å²) in [5.41, 5.74) is 0. The molecule has 31 heavy (non-hydrogen) atoms. The predicted octanol–water partition coefficient (Wildman–Crippen LogP) is 2.97. The van der Waals surface area contributed by atoms with Gasteiger partial charge in [-0.25, -0.2) is 0 Å². The molecule has 0 rings (SSSR count). The van der Waals surface area contributed by atoms with Crippen molar-refractivity contribution in [3.63, 3.8) is 0 Å². The molecule has 0 spiro atoms. The zero-order chi connectivity index (χ0) is 23.8.